The lowest BCUT2D eigenvalue weighted by atomic mass is 10.0. The fourth-order valence-electron chi connectivity index (χ4n) is 4.55. The number of rotatable bonds is 4. The van der Waals surface area contributed by atoms with Gasteiger partial charge in [-0.2, -0.15) is 0 Å². The summed E-state index contributed by atoms with van der Waals surface area (Å²) >= 11 is 0. The van der Waals surface area contributed by atoms with Crippen molar-refractivity contribution in [3.63, 3.8) is 0 Å². The van der Waals surface area contributed by atoms with E-state index in [1.807, 2.05) is 72.8 Å². The van der Waals surface area contributed by atoms with Crippen LogP contribution in [0.15, 0.2) is 107 Å². The summed E-state index contributed by atoms with van der Waals surface area (Å²) in [5.74, 6) is 3.14. The number of fused-ring (bicyclic) bond motifs is 2. The number of aliphatic imine (C=N–C) groups is 2. The van der Waals surface area contributed by atoms with E-state index in [-0.39, 0.29) is 0 Å². The highest BCUT2D eigenvalue weighted by molar-refractivity contribution is 6.22. The first-order valence-electron chi connectivity index (χ1n) is 12.1. The highest BCUT2D eigenvalue weighted by Gasteiger charge is 2.25. The predicted octanol–water partition coefficient (Wildman–Crippen LogP) is 6.51. The molecule has 0 saturated heterocycles. The zero-order chi connectivity index (χ0) is 25.2. The molecule has 0 aromatic heterocycles. The smallest absolute Gasteiger partial charge is 0.162 e. The fraction of sp³-hybridized carbons (Fsp3) is 0.0625. The van der Waals surface area contributed by atoms with Gasteiger partial charge in [0.05, 0.1) is 19.9 Å². The maximum absolute atomic E-state index is 5.29. The van der Waals surface area contributed by atoms with Crippen LogP contribution in [-0.2, 0) is 0 Å². The third-order valence-corrected chi connectivity index (χ3v) is 6.46. The summed E-state index contributed by atoms with van der Waals surface area (Å²) in [6.07, 6.45) is 4.21. The van der Waals surface area contributed by atoms with Crippen molar-refractivity contribution in [2.24, 2.45) is 9.98 Å². The fourth-order valence-corrected chi connectivity index (χ4v) is 4.55. The SMILES string of the molecule is COc1ccc(/C=C2/N=C(N=C3N/C(=C/c4ccc(OC)cc4)c4ccccc43)c3ccccc32)cc1. The van der Waals surface area contributed by atoms with Gasteiger partial charge in [-0.1, -0.05) is 72.8 Å². The summed E-state index contributed by atoms with van der Waals surface area (Å²) in [7, 11) is 3.34. The molecule has 0 radical (unpaired) electrons. The predicted molar refractivity (Wildman–Crippen MR) is 151 cm³/mol. The highest BCUT2D eigenvalue weighted by atomic mass is 16.5. The third-order valence-electron chi connectivity index (χ3n) is 6.46. The maximum Gasteiger partial charge on any atom is 0.162 e. The van der Waals surface area contributed by atoms with E-state index < -0.39 is 0 Å². The standard InChI is InChI=1S/C32H25N3O2/c1-36-23-15-11-21(12-16-23)19-29-25-7-3-5-9-27(25)31(33-29)35-32-28-10-6-4-8-26(28)30(34-32)20-22-13-17-24(37-2)18-14-22/h3-20H,1-2H3,(H,33,34,35)/b29-19+,30-20+. The van der Waals surface area contributed by atoms with Gasteiger partial charge in [-0.3, -0.25) is 0 Å². The minimum atomic E-state index is 0.693. The van der Waals surface area contributed by atoms with E-state index in [2.05, 4.69) is 41.7 Å². The van der Waals surface area contributed by atoms with E-state index in [1.54, 1.807) is 14.2 Å². The first-order valence-corrected chi connectivity index (χ1v) is 12.1. The Labute approximate surface area is 216 Å². The number of nitrogens with one attached hydrogen (secondary N) is 1. The van der Waals surface area contributed by atoms with Gasteiger partial charge in [0.1, 0.15) is 17.3 Å². The van der Waals surface area contributed by atoms with Crippen molar-refractivity contribution >= 4 is 35.2 Å². The van der Waals surface area contributed by atoms with E-state index >= 15 is 0 Å². The van der Waals surface area contributed by atoms with E-state index in [4.69, 9.17) is 19.5 Å². The number of hydrogen-bond acceptors (Lipinski definition) is 4. The third kappa shape index (κ3) is 4.43. The number of hydrogen-bond donors (Lipinski definition) is 1. The van der Waals surface area contributed by atoms with E-state index in [0.717, 1.165) is 62.1 Å². The molecule has 5 heteroatoms. The Kier molecular flexibility index (Phi) is 5.87. The molecule has 0 aliphatic carbocycles. The van der Waals surface area contributed by atoms with Gasteiger partial charge in [-0.05, 0) is 47.5 Å². The summed E-state index contributed by atoms with van der Waals surface area (Å²) in [6, 6.07) is 32.5. The molecule has 2 heterocycles. The summed E-state index contributed by atoms with van der Waals surface area (Å²) in [4.78, 5) is 9.97. The minimum Gasteiger partial charge on any atom is -0.497 e. The van der Waals surface area contributed by atoms with Crippen molar-refractivity contribution in [3.8, 4) is 11.5 Å². The molecule has 0 unspecified atom stereocenters. The summed E-state index contributed by atoms with van der Waals surface area (Å²) < 4.78 is 10.6. The van der Waals surface area contributed by atoms with Gasteiger partial charge in [-0.25, -0.2) is 9.98 Å². The van der Waals surface area contributed by atoms with Gasteiger partial charge in [0.15, 0.2) is 5.84 Å². The first kappa shape index (κ1) is 22.6. The van der Waals surface area contributed by atoms with Crippen LogP contribution in [0, 0.1) is 0 Å². The highest BCUT2D eigenvalue weighted by Crippen LogP contribution is 2.33. The van der Waals surface area contributed by atoms with Crippen molar-refractivity contribution in [1.29, 1.82) is 0 Å². The molecular weight excluding hydrogens is 458 g/mol. The Hall–Kier alpha value is -4.90. The van der Waals surface area contributed by atoms with Gasteiger partial charge in [0.2, 0.25) is 0 Å². The lowest BCUT2D eigenvalue weighted by Crippen LogP contribution is -2.16. The topological polar surface area (TPSA) is 55.2 Å². The van der Waals surface area contributed by atoms with Crippen LogP contribution in [0.2, 0.25) is 0 Å². The molecule has 1 N–H and O–H groups in total. The molecule has 4 aromatic carbocycles. The van der Waals surface area contributed by atoms with Gasteiger partial charge in [0, 0.05) is 28.0 Å². The number of benzene rings is 4. The molecular formula is C32H25N3O2. The normalized spacial score (nSPS) is 16.9. The van der Waals surface area contributed by atoms with Crippen LogP contribution in [-0.4, -0.2) is 25.9 Å². The summed E-state index contributed by atoms with van der Waals surface area (Å²) in [5, 5.41) is 3.53. The van der Waals surface area contributed by atoms with E-state index in [0.29, 0.717) is 5.84 Å². The molecule has 0 fully saturated rings. The molecule has 0 amide bonds. The van der Waals surface area contributed by atoms with Crippen molar-refractivity contribution in [1.82, 2.24) is 5.32 Å². The zero-order valence-electron chi connectivity index (χ0n) is 20.6. The molecule has 0 bridgehead atoms. The lowest BCUT2D eigenvalue weighted by molar-refractivity contribution is 0.414. The van der Waals surface area contributed by atoms with Crippen molar-refractivity contribution in [2.75, 3.05) is 14.2 Å². The Bertz CT molecular complexity index is 1590. The molecule has 5 nitrogen and oxygen atoms in total. The molecule has 2 aliphatic rings. The number of ether oxygens (including phenoxy) is 2. The molecule has 0 saturated carbocycles. The minimum absolute atomic E-state index is 0.693. The van der Waals surface area contributed by atoms with Crippen molar-refractivity contribution in [2.45, 2.75) is 0 Å². The lowest BCUT2D eigenvalue weighted by Gasteiger charge is -2.03. The van der Waals surface area contributed by atoms with Crippen molar-refractivity contribution in [3.05, 3.63) is 130 Å². The average molecular weight is 484 g/mol. The number of amidine groups is 2. The second-order valence-electron chi connectivity index (χ2n) is 8.75. The maximum atomic E-state index is 5.29. The number of methoxy groups -OCH3 is 2. The van der Waals surface area contributed by atoms with E-state index in [1.165, 1.54) is 0 Å². The molecule has 6 rings (SSSR count). The Morgan fingerprint density at radius 2 is 1.16 bits per heavy atom. The van der Waals surface area contributed by atoms with Crippen molar-refractivity contribution < 1.29 is 9.47 Å². The molecule has 0 atom stereocenters. The molecule has 2 aliphatic heterocycles. The van der Waals surface area contributed by atoms with Crippen LogP contribution in [0.5, 0.6) is 11.5 Å². The van der Waals surface area contributed by atoms with Gasteiger partial charge < -0.3 is 14.8 Å². The summed E-state index contributed by atoms with van der Waals surface area (Å²) in [6.45, 7) is 0. The summed E-state index contributed by atoms with van der Waals surface area (Å²) in [5.41, 5.74) is 8.26. The first-order chi connectivity index (χ1) is 18.2. The molecule has 4 aromatic rings. The number of nitrogens with zero attached hydrogens (tertiary/aromatic N) is 2. The van der Waals surface area contributed by atoms with Crippen LogP contribution in [0.3, 0.4) is 0 Å². The van der Waals surface area contributed by atoms with Crippen LogP contribution in [0.25, 0.3) is 23.5 Å². The van der Waals surface area contributed by atoms with Crippen LogP contribution < -0.4 is 14.8 Å². The largest absolute Gasteiger partial charge is 0.497 e. The van der Waals surface area contributed by atoms with Gasteiger partial charge >= 0.3 is 0 Å². The van der Waals surface area contributed by atoms with Crippen LogP contribution in [0.4, 0.5) is 0 Å². The zero-order valence-corrected chi connectivity index (χ0v) is 20.6. The monoisotopic (exact) mass is 483 g/mol. The van der Waals surface area contributed by atoms with Gasteiger partial charge in [0.25, 0.3) is 0 Å². The molecule has 180 valence electrons. The average Bonchev–Trinajstić information content (AvgIpc) is 3.47. The second-order valence-corrected chi connectivity index (χ2v) is 8.75. The Balaban J connectivity index is 1.38. The Morgan fingerprint density at radius 1 is 0.622 bits per heavy atom. The molecule has 37 heavy (non-hydrogen) atoms. The van der Waals surface area contributed by atoms with Gasteiger partial charge in [-0.15, -0.1) is 0 Å². The Morgan fingerprint density at radius 3 is 1.78 bits per heavy atom. The van der Waals surface area contributed by atoms with E-state index in [9.17, 15) is 0 Å². The second kappa shape index (κ2) is 9.63. The van der Waals surface area contributed by atoms with Crippen LogP contribution in [0.1, 0.15) is 33.4 Å². The van der Waals surface area contributed by atoms with Crippen LogP contribution >= 0.6 is 0 Å². The quantitative estimate of drug-likeness (QED) is 0.360. The molecule has 0 spiro atoms.